The van der Waals surface area contributed by atoms with Gasteiger partial charge >= 0.3 is 0 Å². The Hall–Kier alpha value is -2.12. The summed E-state index contributed by atoms with van der Waals surface area (Å²) in [4.78, 5) is 7.44. The van der Waals surface area contributed by atoms with Gasteiger partial charge in [-0.25, -0.2) is 13.8 Å². The fourth-order valence-electron chi connectivity index (χ4n) is 2.83. The minimum Gasteiger partial charge on any atom is -0.333 e. The molecule has 0 aliphatic heterocycles. The number of hydrogen-bond donors (Lipinski definition) is 1. The molecule has 3 nitrogen and oxygen atoms in total. The van der Waals surface area contributed by atoms with Gasteiger partial charge in [-0.2, -0.15) is 4.57 Å². The first kappa shape index (κ1) is 17.3. The van der Waals surface area contributed by atoms with Gasteiger partial charge in [0.05, 0.1) is 5.56 Å². The zero-order valence-corrected chi connectivity index (χ0v) is 16.5. The fourth-order valence-corrected chi connectivity index (χ4v) is 4.22. The summed E-state index contributed by atoms with van der Waals surface area (Å²) in [6, 6.07) is 12.0. The molecule has 0 radical (unpaired) electrons. The van der Waals surface area contributed by atoms with E-state index in [2.05, 4.69) is 41.8 Å². The minimum atomic E-state index is -0.904. The highest BCUT2D eigenvalue weighted by molar-refractivity contribution is 9.11. The van der Waals surface area contributed by atoms with E-state index in [1.54, 1.807) is 0 Å². The number of fused-ring (bicyclic) bond motifs is 1. The van der Waals surface area contributed by atoms with Crippen molar-refractivity contribution in [1.82, 2.24) is 9.97 Å². The monoisotopic (exact) mass is 478 g/mol. The summed E-state index contributed by atoms with van der Waals surface area (Å²) in [5.74, 6) is -1.49. The Balaban J connectivity index is 1.71. The summed E-state index contributed by atoms with van der Waals surface area (Å²) in [6.07, 6.45) is 3.81. The van der Waals surface area contributed by atoms with E-state index in [1.165, 1.54) is 12.1 Å². The van der Waals surface area contributed by atoms with Crippen LogP contribution < -0.4 is 4.57 Å². The highest BCUT2D eigenvalue weighted by atomic mass is 79.9. The maximum Gasteiger partial charge on any atom is 0.195 e. The number of benzene rings is 2. The highest BCUT2D eigenvalue weighted by Crippen LogP contribution is 2.24. The van der Waals surface area contributed by atoms with Gasteiger partial charge in [0.15, 0.2) is 30.6 Å². The van der Waals surface area contributed by atoms with Crippen LogP contribution >= 0.6 is 31.9 Å². The molecule has 0 saturated carbocycles. The molecule has 2 aromatic carbocycles. The van der Waals surface area contributed by atoms with E-state index in [0.29, 0.717) is 17.9 Å². The molecule has 26 heavy (non-hydrogen) atoms. The molecule has 2 heterocycles. The van der Waals surface area contributed by atoms with Crippen LogP contribution in [0.15, 0.2) is 63.8 Å². The number of pyridine rings is 1. The van der Waals surface area contributed by atoms with Crippen molar-refractivity contribution in [3.05, 3.63) is 81.0 Å². The van der Waals surface area contributed by atoms with Crippen LogP contribution in [0.5, 0.6) is 0 Å². The Morgan fingerprint density at radius 1 is 1.04 bits per heavy atom. The lowest BCUT2D eigenvalue weighted by molar-refractivity contribution is -0.687. The molecule has 0 fully saturated rings. The van der Waals surface area contributed by atoms with Gasteiger partial charge in [0.1, 0.15) is 16.9 Å². The van der Waals surface area contributed by atoms with Crippen LogP contribution in [0, 0.1) is 11.6 Å². The Labute approximate surface area is 165 Å². The number of imidazole rings is 1. The second-order valence-corrected chi connectivity index (χ2v) is 7.71. The van der Waals surface area contributed by atoms with E-state index >= 15 is 0 Å². The van der Waals surface area contributed by atoms with Gasteiger partial charge in [0.25, 0.3) is 0 Å². The highest BCUT2D eigenvalue weighted by Gasteiger charge is 2.15. The average molecular weight is 480 g/mol. The van der Waals surface area contributed by atoms with E-state index in [9.17, 15) is 8.78 Å². The molecule has 4 aromatic rings. The number of hydrogen-bond acceptors (Lipinski definition) is 1. The van der Waals surface area contributed by atoms with E-state index in [1.807, 2.05) is 41.2 Å². The quantitative estimate of drug-likeness (QED) is 0.394. The van der Waals surface area contributed by atoms with Crippen LogP contribution in [0.25, 0.3) is 22.4 Å². The Kier molecular flexibility index (Phi) is 4.58. The number of halogens is 4. The van der Waals surface area contributed by atoms with Gasteiger partial charge in [0.2, 0.25) is 0 Å². The van der Waals surface area contributed by atoms with Crippen LogP contribution in [0.4, 0.5) is 8.78 Å². The molecular weight excluding hydrogens is 468 g/mol. The fraction of sp³-hybridized carbons (Fsp3) is 0.0526. The molecule has 0 amide bonds. The third kappa shape index (κ3) is 3.41. The first-order chi connectivity index (χ1) is 12.5. The normalized spacial score (nSPS) is 11.2. The molecule has 7 heteroatoms. The maximum atomic E-state index is 14.0. The topological polar surface area (TPSA) is 32.6 Å². The van der Waals surface area contributed by atoms with Gasteiger partial charge in [0, 0.05) is 20.6 Å². The third-order valence-corrected chi connectivity index (χ3v) is 4.89. The second kappa shape index (κ2) is 6.89. The predicted molar refractivity (Wildman–Crippen MR) is 103 cm³/mol. The molecular formula is C19H12Br2F2N3+. The van der Waals surface area contributed by atoms with Gasteiger partial charge in [-0.1, -0.05) is 37.9 Å². The Bertz CT molecular complexity index is 1100. The standard InChI is InChI=1S/C19H11Br2F2N3/c20-12-6-11(7-13(21)8-12)9-26-5-4-16-17(10-26)25-19(24-16)14-2-1-3-15(22)18(14)23/h1-8,10H,9H2/p+1. The van der Waals surface area contributed by atoms with Crippen LogP contribution in [-0.2, 0) is 6.54 Å². The maximum absolute atomic E-state index is 14.0. The summed E-state index contributed by atoms with van der Waals surface area (Å²) in [5.41, 5.74) is 2.67. The van der Waals surface area contributed by atoms with Crippen molar-refractivity contribution in [3.63, 3.8) is 0 Å². The second-order valence-electron chi connectivity index (χ2n) is 5.88. The van der Waals surface area contributed by atoms with Crippen LogP contribution in [-0.4, -0.2) is 9.97 Å². The van der Waals surface area contributed by atoms with Crippen molar-refractivity contribution in [3.8, 4) is 11.4 Å². The summed E-state index contributed by atoms with van der Waals surface area (Å²) < 4.78 is 31.5. The van der Waals surface area contributed by atoms with E-state index < -0.39 is 11.6 Å². The van der Waals surface area contributed by atoms with E-state index in [0.717, 1.165) is 26.1 Å². The molecule has 2 aromatic heterocycles. The molecule has 0 unspecified atom stereocenters. The number of nitrogens with one attached hydrogen (secondary N) is 1. The van der Waals surface area contributed by atoms with Crippen LogP contribution in [0.3, 0.4) is 0 Å². The van der Waals surface area contributed by atoms with Crippen LogP contribution in [0.1, 0.15) is 5.56 Å². The average Bonchev–Trinajstić information content (AvgIpc) is 2.99. The van der Waals surface area contributed by atoms with Crippen molar-refractivity contribution < 1.29 is 13.3 Å². The third-order valence-electron chi connectivity index (χ3n) is 3.97. The smallest absolute Gasteiger partial charge is 0.195 e. The van der Waals surface area contributed by atoms with Crippen molar-refractivity contribution in [2.24, 2.45) is 0 Å². The SMILES string of the molecule is Fc1cccc(-c2nc3cc[n+](Cc4cc(Br)cc(Br)c4)cc3[nH]2)c1F. The van der Waals surface area contributed by atoms with Crippen molar-refractivity contribution >= 4 is 42.9 Å². The lowest BCUT2D eigenvalue weighted by atomic mass is 10.2. The summed E-state index contributed by atoms with van der Waals surface area (Å²) in [7, 11) is 0. The van der Waals surface area contributed by atoms with E-state index in [4.69, 9.17) is 0 Å². The molecule has 0 aliphatic rings. The lowest BCUT2D eigenvalue weighted by Gasteiger charge is -2.00. The van der Waals surface area contributed by atoms with Crippen LogP contribution in [0.2, 0.25) is 0 Å². The largest absolute Gasteiger partial charge is 0.333 e. The number of nitrogens with zero attached hydrogens (tertiary/aromatic N) is 2. The molecule has 0 bridgehead atoms. The summed E-state index contributed by atoms with van der Waals surface area (Å²) in [5, 5.41) is 0. The van der Waals surface area contributed by atoms with Crippen molar-refractivity contribution in [1.29, 1.82) is 0 Å². The van der Waals surface area contributed by atoms with Gasteiger partial charge in [-0.3, -0.25) is 0 Å². The number of rotatable bonds is 3. The zero-order valence-electron chi connectivity index (χ0n) is 13.3. The number of aromatic amines is 1. The lowest BCUT2D eigenvalue weighted by Crippen LogP contribution is -2.33. The van der Waals surface area contributed by atoms with Gasteiger partial charge in [-0.15, -0.1) is 0 Å². The van der Waals surface area contributed by atoms with E-state index in [-0.39, 0.29) is 5.56 Å². The van der Waals surface area contributed by atoms with Gasteiger partial charge in [-0.05, 0) is 30.3 Å². The van der Waals surface area contributed by atoms with Crippen molar-refractivity contribution in [2.75, 3.05) is 0 Å². The molecule has 0 atom stereocenters. The molecule has 0 spiro atoms. The number of aromatic nitrogens is 3. The first-order valence-corrected chi connectivity index (χ1v) is 9.36. The molecule has 0 saturated heterocycles. The zero-order chi connectivity index (χ0) is 18.3. The predicted octanol–water partition coefficient (Wildman–Crippen LogP) is 5.37. The minimum absolute atomic E-state index is 0.115. The summed E-state index contributed by atoms with van der Waals surface area (Å²) in [6.45, 7) is 0.663. The molecule has 130 valence electrons. The summed E-state index contributed by atoms with van der Waals surface area (Å²) >= 11 is 6.97. The Morgan fingerprint density at radius 2 is 1.81 bits per heavy atom. The Morgan fingerprint density at radius 3 is 2.58 bits per heavy atom. The van der Waals surface area contributed by atoms with Crippen molar-refractivity contribution in [2.45, 2.75) is 6.54 Å². The molecule has 1 N–H and O–H groups in total. The first-order valence-electron chi connectivity index (χ1n) is 7.78. The molecule has 0 aliphatic carbocycles. The number of H-pyrrole nitrogens is 1. The molecule has 4 rings (SSSR count). The van der Waals surface area contributed by atoms with Gasteiger partial charge < -0.3 is 4.98 Å².